The van der Waals surface area contributed by atoms with Gasteiger partial charge in [-0.2, -0.15) is 0 Å². The Hall–Kier alpha value is -3.29. The summed E-state index contributed by atoms with van der Waals surface area (Å²) in [5.41, 5.74) is 3.57. The molecule has 0 bridgehead atoms. The van der Waals surface area contributed by atoms with Crippen molar-refractivity contribution in [2.24, 2.45) is 0 Å². The minimum Gasteiger partial charge on any atom is -0.472 e. The lowest BCUT2D eigenvalue weighted by atomic mass is 10.1. The van der Waals surface area contributed by atoms with Crippen LogP contribution in [0.1, 0.15) is 40.3 Å². The summed E-state index contributed by atoms with van der Waals surface area (Å²) < 4.78 is 11.0. The zero-order valence-electron chi connectivity index (χ0n) is 15.1. The van der Waals surface area contributed by atoms with E-state index in [-0.39, 0.29) is 24.2 Å². The Kier molecular flexibility index (Phi) is 4.53. The van der Waals surface area contributed by atoms with Crippen molar-refractivity contribution < 1.29 is 14.1 Å². The topological polar surface area (TPSA) is 103 Å². The van der Waals surface area contributed by atoms with Gasteiger partial charge in [0.05, 0.1) is 5.56 Å². The van der Waals surface area contributed by atoms with Crippen LogP contribution in [-0.4, -0.2) is 32.3 Å². The Bertz CT molecular complexity index is 946. The molecule has 1 aliphatic rings. The lowest BCUT2D eigenvalue weighted by Crippen LogP contribution is -2.26. The SMILES string of the molecule is Cc1ccc(-c2noc(C)c2COc2ccc(C(=O)NC3CC3)nn2)cn1. The van der Waals surface area contributed by atoms with Gasteiger partial charge in [-0.05, 0) is 44.9 Å². The molecule has 0 atom stereocenters. The number of aryl methyl sites for hydroxylation is 2. The number of nitrogens with zero attached hydrogens (tertiary/aromatic N) is 4. The van der Waals surface area contributed by atoms with Crippen LogP contribution in [0.2, 0.25) is 0 Å². The van der Waals surface area contributed by atoms with E-state index in [0.717, 1.165) is 29.7 Å². The average molecular weight is 365 g/mol. The van der Waals surface area contributed by atoms with Gasteiger partial charge >= 0.3 is 0 Å². The Morgan fingerprint density at radius 1 is 1.22 bits per heavy atom. The van der Waals surface area contributed by atoms with E-state index in [4.69, 9.17) is 9.26 Å². The fraction of sp³-hybridized carbons (Fsp3) is 0.316. The Morgan fingerprint density at radius 2 is 2.07 bits per heavy atom. The number of ether oxygens (including phenoxy) is 1. The van der Waals surface area contributed by atoms with Crippen molar-refractivity contribution in [1.82, 2.24) is 25.7 Å². The Morgan fingerprint density at radius 3 is 2.74 bits per heavy atom. The molecule has 0 radical (unpaired) electrons. The smallest absolute Gasteiger partial charge is 0.272 e. The van der Waals surface area contributed by atoms with Crippen LogP contribution in [0.3, 0.4) is 0 Å². The molecule has 0 saturated heterocycles. The van der Waals surface area contributed by atoms with E-state index < -0.39 is 0 Å². The summed E-state index contributed by atoms with van der Waals surface area (Å²) >= 11 is 0. The fourth-order valence-corrected chi connectivity index (χ4v) is 2.55. The number of hydrogen-bond acceptors (Lipinski definition) is 7. The molecule has 8 heteroatoms. The van der Waals surface area contributed by atoms with Gasteiger partial charge in [-0.15, -0.1) is 10.2 Å². The van der Waals surface area contributed by atoms with Gasteiger partial charge in [-0.1, -0.05) is 5.16 Å². The molecule has 3 aromatic rings. The molecule has 0 unspecified atom stereocenters. The van der Waals surface area contributed by atoms with Crippen LogP contribution in [0, 0.1) is 13.8 Å². The third-order valence-electron chi connectivity index (χ3n) is 4.32. The van der Waals surface area contributed by atoms with E-state index in [1.165, 1.54) is 0 Å². The van der Waals surface area contributed by atoms with Crippen molar-refractivity contribution in [2.45, 2.75) is 39.3 Å². The van der Waals surface area contributed by atoms with Crippen molar-refractivity contribution in [3.8, 4) is 17.1 Å². The highest BCUT2D eigenvalue weighted by atomic mass is 16.5. The summed E-state index contributed by atoms with van der Waals surface area (Å²) in [5.74, 6) is 0.783. The van der Waals surface area contributed by atoms with Gasteiger partial charge in [-0.25, -0.2) is 0 Å². The van der Waals surface area contributed by atoms with E-state index in [1.54, 1.807) is 18.3 Å². The zero-order chi connectivity index (χ0) is 18.8. The predicted octanol–water partition coefficient (Wildman–Crippen LogP) is 2.61. The first-order chi connectivity index (χ1) is 13.1. The van der Waals surface area contributed by atoms with E-state index >= 15 is 0 Å². The van der Waals surface area contributed by atoms with Gasteiger partial charge in [0.25, 0.3) is 5.91 Å². The largest absolute Gasteiger partial charge is 0.472 e. The highest BCUT2D eigenvalue weighted by Gasteiger charge is 2.24. The van der Waals surface area contributed by atoms with Gasteiger partial charge in [0.15, 0.2) is 5.69 Å². The molecule has 0 aromatic carbocycles. The molecule has 1 N–H and O–H groups in total. The maximum Gasteiger partial charge on any atom is 0.272 e. The molecule has 1 saturated carbocycles. The maximum atomic E-state index is 11.9. The number of pyridine rings is 1. The number of carbonyl (C=O) groups excluding carboxylic acids is 1. The molecule has 1 aliphatic carbocycles. The normalized spacial score (nSPS) is 13.4. The summed E-state index contributed by atoms with van der Waals surface area (Å²) in [5, 5.41) is 14.9. The molecular formula is C19H19N5O3. The molecule has 138 valence electrons. The molecule has 1 fully saturated rings. The highest BCUT2D eigenvalue weighted by Crippen LogP contribution is 2.26. The number of hydrogen-bond donors (Lipinski definition) is 1. The Balaban J connectivity index is 1.45. The zero-order valence-corrected chi connectivity index (χ0v) is 15.1. The third kappa shape index (κ3) is 3.94. The summed E-state index contributed by atoms with van der Waals surface area (Å²) in [6.45, 7) is 3.98. The summed E-state index contributed by atoms with van der Waals surface area (Å²) in [6.07, 6.45) is 3.80. The van der Waals surface area contributed by atoms with Gasteiger partial charge in [-0.3, -0.25) is 9.78 Å². The van der Waals surface area contributed by atoms with Crippen LogP contribution in [-0.2, 0) is 6.61 Å². The molecular weight excluding hydrogens is 346 g/mol. The van der Waals surface area contributed by atoms with Crippen LogP contribution in [0.15, 0.2) is 35.0 Å². The van der Waals surface area contributed by atoms with Gasteiger partial charge in [0, 0.05) is 29.6 Å². The van der Waals surface area contributed by atoms with Crippen molar-refractivity contribution in [3.63, 3.8) is 0 Å². The summed E-state index contributed by atoms with van der Waals surface area (Å²) in [6, 6.07) is 7.37. The molecule has 0 aliphatic heterocycles. The van der Waals surface area contributed by atoms with Crippen LogP contribution in [0.4, 0.5) is 0 Å². The van der Waals surface area contributed by atoms with Crippen molar-refractivity contribution >= 4 is 5.91 Å². The molecule has 4 rings (SSSR count). The van der Waals surface area contributed by atoms with E-state index in [1.807, 2.05) is 26.0 Å². The minimum atomic E-state index is -0.208. The summed E-state index contributed by atoms with van der Waals surface area (Å²) in [7, 11) is 0. The molecule has 3 heterocycles. The molecule has 0 spiro atoms. The van der Waals surface area contributed by atoms with Crippen molar-refractivity contribution in [2.75, 3.05) is 0 Å². The first kappa shape index (κ1) is 17.1. The first-order valence-corrected chi connectivity index (χ1v) is 8.76. The van der Waals surface area contributed by atoms with Crippen LogP contribution in [0.5, 0.6) is 5.88 Å². The van der Waals surface area contributed by atoms with E-state index in [9.17, 15) is 4.79 Å². The molecule has 3 aromatic heterocycles. The lowest BCUT2D eigenvalue weighted by Gasteiger charge is -2.06. The number of carbonyl (C=O) groups is 1. The van der Waals surface area contributed by atoms with Crippen LogP contribution >= 0.6 is 0 Å². The third-order valence-corrected chi connectivity index (χ3v) is 4.32. The summed E-state index contributed by atoms with van der Waals surface area (Å²) in [4.78, 5) is 16.2. The van der Waals surface area contributed by atoms with Gasteiger partial charge < -0.3 is 14.6 Å². The molecule has 27 heavy (non-hydrogen) atoms. The number of aromatic nitrogens is 4. The number of amides is 1. The maximum absolute atomic E-state index is 11.9. The van der Waals surface area contributed by atoms with Crippen molar-refractivity contribution in [1.29, 1.82) is 0 Å². The van der Waals surface area contributed by atoms with Crippen LogP contribution < -0.4 is 10.1 Å². The van der Waals surface area contributed by atoms with E-state index in [2.05, 4.69) is 25.7 Å². The quantitative estimate of drug-likeness (QED) is 0.716. The second-order valence-corrected chi connectivity index (χ2v) is 6.55. The first-order valence-electron chi connectivity index (χ1n) is 8.76. The predicted molar refractivity (Wildman–Crippen MR) is 96.1 cm³/mol. The van der Waals surface area contributed by atoms with E-state index in [0.29, 0.717) is 17.3 Å². The monoisotopic (exact) mass is 365 g/mol. The average Bonchev–Trinajstić information content (AvgIpc) is 3.42. The number of rotatable bonds is 6. The lowest BCUT2D eigenvalue weighted by molar-refractivity contribution is 0.0944. The highest BCUT2D eigenvalue weighted by molar-refractivity contribution is 5.92. The van der Waals surface area contributed by atoms with Crippen molar-refractivity contribution in [3.05, 3.63) is 53.2 Å². The van der Waals surface area contributed by atoms with Crippen LogP contribution in [0.25, 0.3) is 11.3 Å². The van der Waals surface area contributed by atoms with Gasteiger partial charge in [0.1, 0.15) is 18.1 Å². The standard InChI is InChI=1S/C19H19N5O3/c1-11-3-4-13(9-20-11)18-15(12(2)27-24-18)10-26-17-8-7-16(22-23-17)19(25)21-14-5-6-14/h3-4,7-9,14H,5-6,10H2,1-2H3,(H,21,25). The second-order valence-electron chi connectivity index (χ2n) is 6.55. The molecule has 1 amide bonds. The minimum absolute atomic E-state index is 0.208. The van der Waals surface area contributed by atoms with Gasteiger partial charge in [0.2, 0.25) is 5.88 Å². The number of nitrogens with one attached hydrogen (secondary N) is 1. The Labute approximate surface area is 156 Å². The molecule has 8 nitrogen and oxygen atoms in total. The second kappa shape index (κ2) is 7.14. The fourth-order valence-electron chi connectivity index (χ4n) is 2.55.